The lowest BCUT2D eigenvalue weighted by molar-refractivity contribution is 0.298. The monoisotopic (exact) mass is 437 g/mol. The van der Waals surface area contributed by atoms with Gasteiger partial charge in [0.05, 0.1) is 16.5 Å². The Balaban J connectivity index is 1.90. The SMILES string of the molecule is CCCC1CN(S(=O)c2cc(C#N)ccc2Oc2cc(Cl)cc(Cl)c2)CCN1. The zero-order valence-corrected chi connectivity index (χ0v) is 17.8. The molecule has 0 saturated carbocycles. The molecule has 148 valence electrons. The molecular weight excluding hydrogens is 417 g/mol. The number of rotatable bonds is 6. The van der Waals surface area contributed by atoms with Crippen LogP contribution in [0.5, 0.6) is 11.5 Å². The maximum Gasteiger partial charge on any atom is 0.145 e. The van der Waals surface area contributed by atoms with Crippen LogP contribution < -0.4 is 10.1 Å². The predicted octanol–water partition coefficient (Wildman–Crippen LogP) is 4.75. The molecule has 0 bridgehead atoms. The van der Waals surface area contributed by atoms with Crippen molar-refractivity contribution in [3.8, 4) is 17.6 Å². The molecule has 5 nitrogen and oxygen atoms in total. The summed E-state index contributed by atoms with van der Waals surface area (Å²) in [6.45, 7) is 4.25. The van der Waals surface area contributed by atoms with Crippen LogP contribution in [0.4, 0.5) is 0 Å². The van der Waals surface area contributed by atoms with Crippen LogP contribution >= 0.6 is 23.2 Å². The standard InChI is InChI=1S/C20H21Cl2N3O2S/c1-2-3-17-13-25(7-6-24-17)28(26)20-8-14(12-23)4-5-19(20)27-18-10-15(21)9-16(22)11-18/h4-5,8-11,17,24H,2-3,6-7,13H2,1H3. The van der Waals surface area contributed by atoms with Gasteiger partial charge in [0.25, 0.3) is 0 Å². The minimum atomic E-state index is -1.45. The molecule has 28 heavy (non-hydrogen) atoms. The molecule has 2 unspecified atom stereocenters. The van der Waals surface area contributed by atoms with E-state index < -0.39 is 11.0 Å². The Kier molecular flexibility index (Phi) is 7.33. The van der Waals surface area contributed by atoms with Gasteiger partial charge < -0.3 is 10.1 Å². The van der Waals surface area contributed by atoms with E-state index >= 15 is 0 Å². The Labute approximate surface area is 177 Å². The van der Waals surface area contributed by atoms with Crippen molar-refractivity contribution in [3.05, 3.63) is 52.0 Å². The summed E-state index contributed by atoms with van der Waals surface area (Å²) >= 11 is 12.1. The molecule has 2 atom stereocenters. The van der Waals surface area contributed by atoms with Crippen LogP contribution in [-0.4, -0.2) is 34.2 Å². The van der Waals surface area contributed by atoms with Crippen molar-refractivity contribution >= 4 is 34.2 Å². The first-order chi connectivity index (χ1) is 13.5. The molecule has 2 aromatic carbocycles. The quantitative estimate of drug-likeness (QED) is 0.707. The smallest absolute Gasteiger partial charge is 0.145 e. The largest absolute Gasteiger partial charge is 0.456 e. The van der Waals surface area contributed by atoms with Crippen molar-refractivity contribution in [1.29, 1.82) is 5.26 Å². The lowest BCUT2D eigenvalue weighted by Crippen LogP contribution is -2.50. The third kappa shape index (κ3) is 5.25. The summed E-state index contributed by atoms with van der Waals surface area (Å²) in [6.07, 6.45) is 2.09. The van der Waals surface area contributed by atoms with Crippen LogP contribution in [0, 0.1) is 11.3 Å². The summed E-state index contributed by atoms with van der Waals surface area (Å²) < 4.78 is 21.2. The van der Waals surface area contributed by atoms with Gasteiger partial charge in [-0.05, 0) is 42.8 Å². The van der Waals surface area contributed by atoms with E-state index in [1.54, 1.807) is 36.4 Å². The fraction of sp³-hybridized carbons (Fsp3) is 0.350. The van der Waals surface area contributed by atoms with Gasteiger partial charge in [0.15, 0.2) is 0 Å². The van der Waals surface area contributed by atoms with Gasteiger partial charge in [-0.1, -0.05) is 36.5 Å². The highest BCUT2D eigenvalue weighted by Gasteiger charge is 2.26. The molecule has 1 N–H and O–H groups in total. The molecule has 1 fully saturated rings. The lowest BCUT2D eigenvalue weighted by atomic mass is 10.1. The van der Waals surface area contributed by atoms with E-state index in [-0.39, 0.29) is 0 Å². The molecule has 1 saturated heterocycles. The average molecular weight is 438 g/mol. The molecule has 1 aliphatic heterocycles. The van der Waals surface area contributed by atoms with Crippen molar-refractivity contribution in [2.45, 2.75) is 30.7 Å². The highest BCUT2D eigenvalue weighted by Crippen LogP contribution is 2.33. The van der Waals surface area contributed by atoms with Crippen molar-refractivity contribution in [2.24, 2.45) is 0 Å². The number of hydrogen-bond acceptors (Lipinski definition) is 4. The minimum Gasteiger partial charge on any atom is -0.456 e. The number of nitriles is 1. The third-order valence-electron chi connectivity index (χ3n) is 4.41. The zero-order valence-electron chi connectivity index (χ0n) is 15.5. The fourth-order valence-electron chi connectivity index (χ4n) is 3.14. The van der Waals surface area contributed by atoms with Gasteiger partial charge in [0, 0.05) is 35.7 Å². The minimum absolute atomic E-state index is 0.304. The first kappa shape index (κ1) is 21.1. The van der Waals surface area contributed by atoms with E-state index in [0.717, 1.165) is 19.4 Å². The summed E-state index contributed by atoms with van der Waals surface area (Å²) in [5, 5.41) is 13.6. The molecule has 0 aromatic heterocycles. The van der Waals surface area contributed by atoms with Gasteiger partial charge in [0.1, 0.15) is 22.5 Å². The number of nitrogens with zero attached hydrogens (tertiary/aromatic N) is 2. The Hall–Kier alpha value is -1.62. The Morgan fingerprint density at radius 1 is 1.29 bits per heavy atom. The van der Waals surface area contributed by atoms with Crippen molar-refractivity contribution in [2.75, 3.05) is 19.6 Å². The molecular formula is C20H21Cl2N3O2S. The van der Waals surface area contributed by atoms with Gasteiger partial charge in [-0.3, -0.25) is 0 Å². The summed E-state index contributed by atoms with van der Waals surface area (Å²) in [5.41, 5.74) is 0.431. The van der Waals surface area contributed by atoms with E-state index in [2.05, 4.69) is 18.3 Å². The van der Waals surface area contributed by atoms with Gasteiger partial charge in [-0.15, -0.1) is 0 Å². The highest BCUT2D eigenvalue weighted by molar-refractivity contribution is 7.82. The Morgan fingerprint density at radius 3 is 2.71 bits per heavy atom. The summed E-state index contributed by atoms with van der Waals surface area (Å²) in [5.74, 6) is 0.867. The first-order valence-electron chi connectivity index (χ1n) is 9.08. The normalized spacial score (nSPS) is 18.4. The van der Waals surface area contributed by atoms with E-state index in [0.29, 0.717) is 51.1 Å². The number of piperazine rings is 1. The van der Waals surface area contributed by atoms with Crippen LogP contribution in [0.15, 0.2) is 41.3 Å². The maximum absolute atomic E-state index is 13.3. The second-order valence-electron chi connectivity index (χ2n) is 6.56. The zero-order chi connectivity index (χ0) is 20.1. The molecule has 2 aromatic rings. The summed E-state index contributed by atoms with van der Waals surface area (Å²) in [4.78, 5) is 0.465. The van der Waals surface area contributed by atoms with Crippen molar-refractivity contribution < 1.29 is 8.95 Å². The highest BCUT2D eigenvalue weighted by atomic mass is 35.5. The topological polar surface area (TPSA) is 65.4 Å². The molecule has 1 aliphatic rings. The molecule has 0 radical (unpaired) electrons. The van der Waals surface area contributed by atoms with Crippen molar-refractivity contribution in [3.63, 3.8) is 0 Å². The van der Waals surface area contributed by atoms with Crippen LogP contribution in [0.2, 0.25) is 10.0 Å². The van der Waals surface area contributed by atoms with Gasteiger partial charge >= 0.3 is 0 Å². The predicted molar refractivity (Wildman–Crippen MR) is 112 cm³/mol. The van der Waals surface area contributed by atoms with Gasteiger partial charge in [-0.25, -0.2) is 8.51 Å². The number of ether oxygens (including phenoxy) is 1. The molecule has 0 amide bonds. The molecule has 0 aliphatic carbocycles. The fourth-order valence-corrected chi connectivity index (χ4v) is 5.01. The molecule has 8 heteroatoms. The van der Waals surface area contributed by atoms with E-state index in [4.69, 9.17) is 27.9 Å². The number of halogens is 2. The lowest BCUT2D eigenvalue weighted by Gasteiger charge is -2.32. The average Bonchev–Trinajstić information content (AvgIpc) is 2.67. The van der Waals surface area contributed by atoms with Gasteiger partial charge in [-0.2, -0.15) is 5.26 Å². The Morgan fingerprint density at radius 2 is 2.04 bits per heavy atom. The van der Waals surface area contributed by atoms with Crippen LogP contribution in [0.3, 0.4) is 0 Å². The summed E-state index contributed by atoms with van der Waals surface area (Å²) in [7, 11) is -1.45. The number of nitrogens with one attached hydrogen (secondary N) is 1. The second-order valence-corrected chi connectivity index (χ2v) is 8.88. The number of benzene rings is 2. The van der Waals surface area contributed by atoms with Crippen LogP contribution in [-0.2, 0) is 11.0 Å². The first-order valence-corrected chi connectivity index (χ1v) is 10.9. The molecule has 3 rings (SSSR count). The maximum atomic E-state index is 13.3. The Bertz CT molecular complexity index is 895. The third-order valence-corrected chi connectivity index (χ3v) is 6.35. The summed E-state index contributed by atoms with van der Waals surface area (Å²) in [6, 6.07) is 12.2. The van der Waals surface area contributed by atoms with Crippen molar-refractivity contribution in [1.82, 2.24) is 9.62 Å². The molecule has 0 spiro atoms. The van der Waals surface area contributed by atoms with E-state index in [9.17, 15) is 9.47 Å². The second kappa shape index (κ2) is 9.73. The van der Waals surface area contributed by atoms with E-state index in [1.165, 1.54) is 0 Å². The number of hydrogen-bond donors (Lipinski definition) is 1. The van der Waals surface area contributed by atoms with E-state index in [1.807, 2.05) is 4.31 Å². The van der Waals surface area contributed by atoms with Crippen LogP contribution in [0.25, 0.3) is 0 Å². The molecule has 1 heterocycles. The van der Waals surface area contributed by atoms with Gasteiger partial charge in [0.2, 0.25) is 0 Å². The van der Waals surface area contributed by atoms with Crippen LogP contribution in [0.1, 0.15) is 25.3 Å².